The van der Waals surface area contributed by atoms with E-state index < -0.39 is 10.0 Å². The molecule has 0 bridgehead atoms. The van der Waals surface area contributed by atoms with Crippen molar-refractivity contribution in [1.29, 1.82) is 0 Å². The van der Waals surface area contributed by atoms with Crippen molar-refractivity contribution in [1.82, 2.24) is 0 Å². The van der Waals surface area contributed by atoms with Crippen LogP contribution >= 0.6 is 11.3 Å². The van der Waals surface area contributed by atoms with E-state index >= 15 is 0 Å². The molecule has 0 saturated carbocycles. The molecule has 0 aliphatic heterocycles. The topological polar surface area (TPSA) is 81.4 Å². The second-order valence-electron chi connectivity index (χ2n) is 3.81. The van der Waals surface area contributed by atoms with Crippen LogP contribution in [0, 0.1) is 0 Å². The van der Waals surface area contributed by atoms with Gasteiger partial charge in [-0.25, -0.2) is 8.42 Å². The van der Waals surface area contributed by atoms with Gasteiger partial charge in [0.25, 0.3) is 10.0 Å². The van der Waals surface area contributed by atoms with Crippen LogP contribution in [0.4, 0.5) is 5.69 Å². The zero-order valence-electron chi connectivity index (χ0n) is 10.3. The number of anilines is 1. The van der Waals surface area contributed by atoms with Gasteiger partial charge in [0.15, 0.2) is 0 Å². The molecule has 0 aliphatic rings. The number of nitrogens with one attached hydrogen (secondary N) is 1. The Morgan fingerprint density at radius 1 is 1.37 bits per heavy atom. The predicted octanol–water partition coefficient (Wildman–Crippen LogP) is 2.02. The zero-order chi connectivity index (χ0) is 13.9. The van der Waals surface area contributed by atoms with Crippen molar-refractivity contribution in [3.05, 3.63) is 40.6 Å². The van der Waals surface area contributed by atoms with Gasteiger partial charge >= 0.3 is 0 Å². The first-order chi connectivity index (χ1) is 9.06. The van der Waals surface area contributed by atoms with Crippen LogP contribution in [0.5, 0.6) is 5.75 Å². The van der Waals surface area contributed by atoms with Gasteiger partial charge in [-0.05, 0) is 29.1 Å². The number of benzene rings is 1. The van der Waals surface area contributed by atoms with E-state index in [0.717, 1.165) is 5.56 Å². The fraction of sp³-hybridized carbons (Fsp3) is 0.167. The highest BCUT2D eigenvalue weighted by Gasteiger charge is 2.19. The maximum Gasteiger partial charge on any atom is 0.265 e. The quantitative estimate of drug-likeness (QED) is 0.885. The molecule has 0 aliphatic carbocycles. The van der Waals surface area contributed by atoms with Crippen LogP contribution in [0.2, 0.25) is 0 Å². The summed E-state index contributed by atoms with van der Waals surface area (Å²) in [6.07, 6.45) is 0. The first kappa shape index (κ1) is 13.9. The molecule has 2 rings (SSSR count). The van der Waals surface area contributed by atoms with E-state index in [1.807, 2.05) is 0 Å². The van der Waals surface area contributed by atoms with Gasteiger partial charge in [0.05, 0.1) is 12.8 Å². The number of thiophene rings is 1. The summed E-state index contributed by atoms with van der Waals surface area (Å²) in [7, 11) is -2.23. The molecule has 0 unspecified atom stereocenters. The standard InChI is InChI=1S/C12H14N2O3S2/c1-17-11-6-9(7-13)2-3-12(11)19(15,16)14-10-4-5-18-8-10/h2-6,8,14H,7,13H2,1H3. The van der Waals surface area contributed by atoms with Crippen molar-refractivity contribution in [2.24, 2.45) is 5.73 Å². The van der Waals surface area contributed by atoms with Crippen LogP contribution in [0.1, 0.15) is 5.56 Å². The minimum absolute atomic E-state index is 0.0957. The molecule has 0 spiro atoms. The van der Waals surface area contributed by atoms with E-state index in [-0.39, 0.29) is 10.6 Å². The van der Waals surface area contributed by atoms with Gasteiger partial charge in [0, 0.05) is 11.9 Å². The Morgan fingerprint density at radius 3 is 2.74 bits per heavy atom. The maximum absolute atomic E-state index is 12.3. The fourth-order valence-corrected chi connectivity index (χ4v) is 3.46. The van der Waals surface area contributed by atoms with Gasteiger partial charge in [-0.15, -0.1) is 0 Å². The normalized spacial score (nSPS) is 11.3. The van der Waals surface area contributed by atoms with Crippen LogP contribution < -0.4 is 15.2 Å². The third kappa shape index (κ3) is 3.06. The third-order valence-corrected chi connectivity index (χ3v) is 4.63. The molecule has 5 nitrogen and oxygen atoms in total. The summed E-state index contributed by atoms with van der Waals surface area (Å²) >= 11 is 1.42. The van der Waals surface area contributed by atoms with E-state index in [4.69, 9.17) is 10.5 Å². The van der Waals surface area contributed by atoms with Gasteiger partial charge in [-0.2, -0.15) is 11.3 Å². The second kappa shape index (κ2) is 5.60. The third-order valence-electron chi connectivity index (χ3n) is 2.53. The van der Waals surface area contributed by atoms with Crippen molar-refractivity contribution in [3.63, 3.8) is 0 Å². The summed E-state index contributed by atoms with van der Waals surface area (Å²) in [6, 6.07) is 6.49. The van der Waals surface area contributed by atoms with Gasteiger partial charge in [-0.3, -0.25) is 4.72 Å². The molecule has 0 atom stereocenters. The zero-order valence-corrected chi connectivity index (χ0v) is 11.9. The van der Waals surface area contributed by atoms with Crippen molar-refractivity contribution in [3.8, 4) is 5.75 Å². The Morgan fingerprint density at radius 2 is 2.16 bits per heavy atom. The smallest absolute Gasteiger partial charge is 0.265 e. The van der Waals surface area contributed by atoms with E-state index in [2.05, 4.69) is 4.72 Å². The number of rotatable bonds is 5. The van der Waals surface area contributed by atoms with Gasteiger partial charge in [0.2, 0.25) is 0 Å². The van der Waals surface area contributed by atoms with Crippen LogP contribution in [0.25, 0.3) is 0 Å². The molecule has 1 aromatic heterocycles. The summed E-state index contributed by atoms with van der Waals surface area (Å²) in [5, 5.41) is 3.52. The predicted molar refractivity (Wildman–Crippen MR) is 76.0 cm³/mol. The summed E-state index contributed by atoms with van der Waals surface area (Å²) in [5.41, 5.74) is 6.87. The molecular formula is C12H14N2O3S2. The molecule has 0 fully saturated rings. The Bertz CT molecular complexity index is 652. The van der Waals surface area contributed by atoms with Gasteiger partial charge < -0.3 is 10.5 Å². The molecular weight excluding hydrogens is 284 g/mol. The minimum atomic E-state index is -3.66. The number of hydrogen-bond acceptors (Lipinski definition) is 5. The molecule has 102 valence electrons. The molecule has 3 N–H and O–H groups in total. The van der Waals surface area contributed by atoms with E-state index in [1.165, 1.54) is 24.5 Å². The monoisotopic (exact) mass is 298 g/mol. The molecule has 7 heteroatoms. The maximum atomic E-state index is 12.3. The lowest BCUT2D eigenvalue weighted by Crippen LogP contribution is -2.14. The second-order valence-corrected chi connectivity index (χ2v) is 6.24. The highest BCUT2D eigenvalue weighted by molar-refractivity contribution is 7.92. The first-order valence-electron chi connectivity index (χ1n) is 5.49. The van der Waals surface area contributed by atoms with Gasteiger partial charge in [0.1, 0.15) is 10.6 Å². The number of ether oxygens (including phenoxy) is 1. The molecule has 2 aromatic rings. The lowest BCUT2D eigenvalue weighted by molar-refractivity contribution is 0.402. The molecule has 0 radical (unpaired) electrons. The SMILES string of the molecule is COc1cc(CN)ccc1S(=O)(=O)Nc1ccsc1. The lowest BCUT2D eigenvalue weighted by Gasteiger charge is -2.11. The van der Waals surface area contributed by atoms with Crippen LogP contribution in [-0.4, -0.2) is 15.5 Å². The molecule has 0 amide bonds. The largest absolute Gasteiger partial charge is 0.495 e. The summed E-state index contributed by atoms with van der Waals surface area (Å²) in [6.45, 7) is 0.328. The summed E-state index contributed by atoms with van der Waals surface area (Å²) in [4.78, 5) is 0.0957. The van der Waals surface area contributed by atoms with Gasteiger partial charge in [-0.1, -0.05) is 6.07 Å². The molecule has 1 aromatic carbocycles. The number of methoxy groups -OCH3 is 1. The Hall–Kier alpha value is -1.57. The van der Waals surface area contributed by atoms with E-state index in [0.29, 0.717) is 12.2 Å². The van der Waals surface area contributed by atoms with Crippen molar-refractivity contribution >= 4 is 27.0 Å². The fourth-order valence-electron chi connectivity index (χ4n) is 1.59. The number of sulfonamides is 1. The van der Waals surface area contributed by atoms with Crippen LogP contribution in [-0.2, 0) is 16.6 Å². The highest BCUT2D eigenvalue weighted by Crippen LogP contribution is 2.27. The van der Waals surface area contributed by atoms with Crippen LogP contribution in [0.3, 0.4) is 0 Å². The molecule has 1 heterocycles. The van der Waals surface area contributed by atoms with E-state index in [9.17, 15) is 8.42 Å². The summed E-state index contributed by atoms with van der Waals surface area (Å²) in [5.74, 6) is 0.283. The molecule has 0 saturated heterocycles. The average molecular weight is 298 g/mol. The Labute approximate surface area is 116 Å². The van der Waals surface area contributed by atoms with Crippen molar-refractivity contribution < 1.29 is 13.2 Å². The van der Waals surface area contributed by atoms with Crippen molar-refractivity contribution in [2.75, 3.05) is 11.8 Å². The number of nitrogens with two attached hydrogens (primary N) is 1. The average Bonchev–Trinajstić information content (AvgIpc) is 2.89. The van der Waals surface area contributed by atoms with Crippen molar-refractivity contribution in [2.45, 2.75) is 11.4 Å². The summed E-state index contributed by atoms with van der Waals surface area (Å²) < 4.78 is 32.1. The Balaban J connectivity index is 2.40. The minimum Gasteiger partial charge on any atom is -0.495 e. The Kier molecular flexibility index (Phi) is 4.08. The van der Waals surface area contributed by atoms with Crippen LogP contribution in [0.15, 0.2) is 39.9 Å². The van der Waals surface area contributed by atoms with E-state index in [1.54, 1.807) is 29.0 Å². The number of hydrogen-bond donors (Lipinski definition) is 2. The first-order valence-corrected chi connectivity index (χ1v) is 7.91. The highest BCUT2D eigenvalue weighted by atomic mass is 32.2. The lowest BCUT2D eigenvalue weighted by atomic mass is 10.2. The molecule has 19 heavy (non-hydrogen) atoms.